The molecule has 0 unspecified atom stereocenters. The van der Waals surface area contributed by atoms with E-state index in [1.165, 1.54) is 22.2 Å². The van der Waals surface area contributed by atoms with Crippen molar-refractivity contribution in [2.45, 2.75) is 31.8 Å². The first-order chi connectivity index (χ1) is 12.6. The van der Waals surface area contributed by atoms with E-state index in [1.54, 1.807) is 7.11 Å². The van der Waals surface area contributed by atoms with Crippen LogP contribution in [0.15, 0.2) is 29.8 Å². The minimum absolute atomic E-state index is 0.129. The van der Waals surface area contributed by atoms with Crippen molar-refractivity contribution < 1.29 is 14.3 Å². The average Bonchev–Trinajstić information content (AvgIpc) is 2.93. The molecule has 5 rings (SSSR count). The van der Waals surface area contributed by atoms with E-state index in [4.69, 9.17) is 9.47 Å². The van der Waals surface area contributed by atoms with E-state index in [1.807, 2.05) is 19.1 Å². The lowest BCUT2D eigenvalue weighted by atomic mass is 9.68. The van der Waals surface area contributed by atoms with Gasteiger partial charge < -0.3 is 19.4 Å². The van der Waals surface area contributed by atoms with Gasteiger partial charge in [0.1, 0.15) is 5.75 Å². The second kappa shape index (κ2) is 5.61. The standard InChI is InChI=1S/C21H24N2O3/c1-4-12-13-8-18-20-15(9-17(22-18)16(13)10-26-21(12)24)14-7-11(25-3)5-6-19(14)23(20)2/h4-7,13,16-18,22H,8-10H2,1-3H3/b12-4-/t13-,16+,17-,18-/m0/s1. The fourth-order valence-electron chi connectivity index (χ4n) is 5.41. The second-order valence-corrected chi connectivity index (χ2v) is 7.68. The molecule has 2 fully saturated rings. The number of fused-ring (bicyclic) bond motifs is 8. The minimum atomic E-state index is -0.129. The Morgan fingerprint density at radius 2 is 2.23 bits per heavy atom. The predicted octanol–water partition coefficient (Wildman–Crippen LogP) is 2.88. The Balaban J connectivity index is 1.64. The summed E-state index contributed by atoms with van der Waals surface area (Å²) in [5.74, 6) is 1.41. The number of cyclic esters (lactones) is 1. The van der Waals surface area contributed by atoms with Gasteiger partial charge in [-0.3, -0.25) is 0 Å². The fraction of sp³-hybridized carbons (Fsp3) is 0.476. The van der Waals surface area contributed by atoms with Crippen LogP contribution < -0.4 is 10.1 Å². The van der Waals surface area contributed by atoms with Gasteiger partial charge in [-0.1, -0.05) is 6.08 Å². The average molecular weight is 352 g/mol. The second-order valence-electron chi connectivity index (χ2n) is 7.68. The molecule has 136 valence electrons. The molecule has 0 amide bonds. The molecule has 2 aromatic rings. The number of methoxy groups -OCH3 is 1. The lowest BCUT2D eigenvalue weighted by Crippen LogP contribution is -2.56. The van der Waals surface area contributed by atoms with Gasteiger partial charge >= 0.3 is 5.97 Å². The summed E-state index contributed by atoms with van der Waals surface area (Å²) in [5.41, 5.74) is 4.89. The number of hydrogen-bond acceptors (Lipinski definition) is 4. The Labute approximate surface area is 153 Å². The Morgan fingerprint density at radius 3 is 3.00 bits per heavy atom. The zero-order valence-electron chi connectivity index (χ0n) is 15.4. The zero-order chi connectivity index (χ0) is 18.0. The highest BCUT2D eigenvalue weighted by Gasteiger charge is 2.48. The highest BCUT2D eigenvalue weighted by molar-refractivity contribution is 5.90. The number of aryl methyl sites for hydroxylation is 1. The molecule has 1 N–H and O–H groups in total. The topological polar surface area (TPSA) is 52.5 Å². The maximum atomic E-state index is 12.2. The van der Waals surface area contributed by atoms with Crippen LogP contribution in [0.4, 0.5) is 0 Å². The van der Waals surface area contributed by atoms with Crippen molar-refractivity contribution in [1.82, 2.24) is 9.88 Å². The minimum Gasteiger partial charge on any atom is -0.497 e. The van der Waals surface area contributed by atoms with Crippen LogP contribution in [0.3, 0.4) is 0 Å². The number of rotatable bonds is 1. The molecule has 0 aliphatic carbocycles. The molecule has 0 saturated carbocycles. The highest BCUT2D eigenvalue weighted by atomic mass is 16.5. The molecule has 1 aromatic carbocycles. The molecule has 3 aliphatic heterocycles. The van der Waals surface area contributed by atoms with Gasteiger partial charge in [-0.25, -0.2) is 4.79 Å². The van der Waals surface area contributed by atoms with Gasteiger partial charge in [0.05, 0.1) is 13.7 Å². The van der Waals surface area contributed by atoms with Gasteiger partial charge in [0.25, 0.3) is 0 Å². The molecule has 1 aromatic heterocycles. The molecular formula is C21H24N2O3. The summed E-state index contributed by atoms with van der Waals surface area (Å²) in [6.45, 7) is 2.47. The van der Waals surface area contributed by atoms with Crippen LogP contribution in [-0.4, -0.2) is 30.3 Å². The Bertz CT molecular complexity index is 942. The summed E-state index contributed by atoms with van der Waals surface area (Å²) >= 11 is 0. The highest BCUT2D eigenvalue weighted by Crippen LogP contribution is 2.47. The van der Waals surface area contributed by atoms with Crippen LogP contribution in [-0.2, 0) is 23.0 Å². The monoisotopic (exact) mass is 352 g/mol. The molecule has 2 saturated heterocycles. The lowest BCUT2D eigenvalue weighted by Gasteiger charge is -2.48. The molecule has 2 bridgehead atoms. The van der Waals surface area contributed by atoms with Gasteiger partial charge in [0, 0.05) is 53.1 Å². The van der Waals surface area contributed by atoms with E-state index in [-0.39, 0.29) is 17.9 Å². The van der Waals surface area contributed by atoms with Gasteiger partial charge in [-0.15, -0.1) is 0 Å². The lowest BCUT2D eigenvalue weighted by molar-refractivity contribution is -0.147. The van der Waals surface area contributed by atoms with Crippen molar-refractivity contribution in [2.24, 2.45) is 18.9 Å². The third kappa shape index (κ3) is 2.04. The molecule has 0 spiro atoms. The number of esters is 1. The molecule has 3 aliphatic rings. The molecule has 5 heteroatoms. The summed E-state index contributed by atoms with van der Waals surface area (Å²) in [6, 6.07) is 6.94. The van der Waals surface area contributed by atoms with Gasteiger partial charge in [-0.05, 0) is 43.5 Å². The van der Waals surface area contributed by atoms with Crippen LogP contribution in [0.1, 0.15) is 30.6 Å². The Hall–Kier alpha value is -2.27. The number of hydrogen-bond donors (Lipinski definition) is 1. The first-order valence-electron chi connectivity index (χ1n) is 9.37. The molecule has 0 radical (unpaired) electrons. The number of nitrogens with zero attached hydrogens (tertiary/aromatic N) is 1. The first-order valence-corrected chi connectivity index (χ1v) is 9.37. The molecule has 4 atom stereocenters. The molecular weight excluding hydrogens is 328 g/mol. The Kier molecular flexibility index (Phi) is 3.44. The maximum absolute atomic E-state index is 12.2. The predicted molar refractivity (Wildman–Crippen MR) is 99.2 cm³/mol. The number of aromatic nitrogens is 1. The van der Waals surface area contributed by atoms with E-state index < -0.39 is 0 Å². The van der Waals surface area contributed by atoms with Crippen molar-refractivity contribution in [1.29, 1.82) is 0 Å². The molecule has 5 nitrogen and oxygen atoms in total. The van der Waals surface area contributed by atoms with Crippen molar-refractivity contribution in [3.63, 3.8) is 0 Å². The fourth-order valence-corrected chi connectivity index (χ4v) is 5.41. The summed E-state index contributed by atoms with van der Waals surface area (Å²) < 4.78 is 13.3. The van der Waals surface area contributed by atoms with Gasteiger partial charge in [0.15, 0.2) is 0 Å². The van der Waals surface area contributed by atoms with Gasteiger partial charge in [0.2, 0.25) is 0 Å². The number of allylic oxidation sites excluding steroid dienone is 1. The van der Waals surface area contributed by atoms with E-state index >= 15 is 0 Å². The molecule has 4 heterocycles. The number of nitrogens with one attached hydrogen (secondary N) is 1. The van der Waals surface area contributed by atoms with Crippen LogP contribution in [0.25, 0.3) is 10.9 Å². The number of carbonyl (C=O) groups excluding carboxylic acids is 1. The normalized spacial score (nSPS) is 31.5. The van der Waals surface area contributed by atoms with Crippen molar-refractivity contribution in [3.8, 4) is 5.75 Å². The van der Waals surface area contributed by atoms with Crippen LogP contribution in [0, 0.1) is 11.8 Å². The third-order valence-corrected chi connectivity index (χ3v) is 6.61. The van der Waals surface area contributed by atoms with E-state index in [9.17, 15) is 4.79 Å². The summed E-state index contributed by atoms with van der Waals surface area (Å²) in [6.07, 6.45) is 3.86. The zero-order valence-corrected chi connectivity index (χ0v) is 15.4. The summed E-state index contributed by atoms with van der Waals surface area (Å²) in [7, 11) is 3.86. The number of piperidine rings is 1. The maximum Gasteiger partial charge on any atom is 0.333 e. The quantitative estimate of drug-likeness (QED) is 0.633. The van der Waals surface area contributed by atoms with E-state index in [0.29, 0.717) is 18.6 Å². The van der Waals surface area contributed by atoms with E-state index in [0.717, 1.165) is 24.2 Å². The third-order valence-electron chi connectivity index (χ3n) is 6.61. The molecule has 26 heavy (non-hydrogen) atoms. The smallest absolute Gasteiger partial charge is 0.333 e. The largest absolute Gasteiger partial charge is 0.497 e. The number of benzene rings is 1. The Morgan fingerprint density at radius 1 is 1.38 bits per heavy atom. The summed E-state index contributed by atoms with van der Waals surface area (Å²) in [4.78, 5) is 12.2. The summed E-state index contributed by atoms with van der Waals surface area (Å²) in [5, 5.41) is 5.12. The van der Waals surface area contributed by atoms with Crippen LogP contribution >= 0.6 is 0 Å². The number of ether oxygens (including phenoxy) is 2. The van der Waals surface area contributed by atoms with Crippen molar-refractivity contribution >= 4 is 16.9 Å². The van der Waals surface area contributed by atoms with Crippen LogP contribution in [0.2, 0.25) is 0 Å². The van der Waals surface area contributed by atoms with Crippen molar-refractivity contribution in [2.75, 3.05) is 13.7 Å². The van der Waals surface area contributed by atoms with E-state index in [2.05, 4.69) is 29.1 Å². The first kappa shape index (κ1) is 15.9. The number of carbonyl (C=O) groups is 1. The SMILES string of the molecule is C/C=C1\C(=O)OC[C@H]2[C@@H]3Cc4c(n(C)c5ccc(OC)cc45)[C@H](C[C@@H]12)N3. The van der Waals surface area contributed by atoms with Crippen molar-refractivity contribution in [3.05, 3.63) is 41.1 Å². The van der Waals surface area contributed by atoms with Crippen LogP contribution in [0.5, 0.6) is 5.75 Å². The van der Waals surface area contributed by atoms with Gasteiger partial charge in [-0.2, -0.15) is 0 Å².